The van der Waals surface area contributed by atoms with E-state index in [1.807, 2.05) is 13.8 Å². The molecule has 1 saturated heterocycles. The van der Waals surface area contributed by atoms with Crippen LogP contribution in [0.15, 0.2) is 36.9 Å². The van der Waals surface area contributed by atoms with E-state index in [2.05, 4.69) is 20.3 Å². The quantitative estimate of drug-likeness (QED) is 0.219. The molecule has 180 valence electrons. The number of aromatic nitrogens is 4. The highest BCUT2D eigenvalue weighted by Gasteiger charge is 2.43. The molecule has 2 aromatic heterocycles. The number of nitrogens with zero attached hydrogens (tertiary/aromatic N) is 4. The number of benzene rings is 1. The number of rotatable bonds is 6. The Morgan fingerprint density at radius 2 is 2.00 bits per heavy atom. The second-order valence-corrected chi connectivity index (χ2v) is 8.28. The molecular weight excluding hydrogens is 444 g/mol. The minimum absolute atomic E-state index is 0.0435. The Hall–Kier alpha value is -3.74. The van der Waals surface area contributed by atoms with Crippen molar-refractivity contribution in [3.63, 3.8) is 0 Å². The predicted molar refractivity (Wildman–Crippen MR) is 121 cm³/mol. The van der Waals surface area contributed by atoms with Crippen LogP contribution < -0.4 is 11.1 Å². The van der Waals surface area contributed by atoms with Crippen molar-refractivity contribution < 1.29 is 30.0 Å². The highest BCUT2D eigenvalue weighted by atomic mass is 16.6. The lowest BCUT2D eigenvalue weighted by molar-refractivity contribution is -0.0245. The van der Waals surface area contributed by atoms with E-state index in [9.17, 15) is 25.2 Å². The molecule has 0 aliphatic carbocycles. The lowest BCUT2D eigenvalue weighted by Crippen LogP contribution is -2.31. The molecule has 4 rings (SSSR count). The summed E-state index contributed by atoms with van der Waals surface area (Å²) < 4.78 is 7.26. The van der Waals surface area contributed by atoms with Gasteiger partial charge in [0.05, 0.1) is 11.9 Å². The number of aromatic hydroxyl groups is 2. The second kappa shape index (κ2) is 9.25. The molecule has 1 aliphatic rings. The fourth-order valence-corrected chi connectivity index (χ4v) is 3.73. The number of carbonyl (C=O) groups is 1. The molecule has 0 spiro atoms. The van der Waals surface area contributed by atoms with E-state index in [0.29, 0.717) is 16.7 Å². The van der Waals surface area contributed by atoms with Crippen LogP contribution in [-0.4, -0.2) is 70.7 Å². The molecule has 7 N–H and O–H groups in total. The van der Waals surface area contributed by atoms with Gasteiger partial charge in [-0.1, -0.05) is 26.0 Å². The highest BCUT2D eigenvalue weighted by molar-refractivity contribution is 5.98. The Labute approximate surface area is 194 Å². The number of nitrogens with two attached hydrogens (primary N) is 1. The molecule has 4 unspecified atom stereocenters. The van der Waals surface area contributed by atoms with Gasteiger partial charge in [0.15, 0.2) is 29.2 Å². The van der Waals surface area contributed by atoms with Crippen LogP contribution in [0.3, 0.4) is 0 Å². The van der Waals surface area contributed by atoms with Crippen LogP contribution in [0.4, 0.5) is 5.82 Å². The zero-order valence-corrected chi connectivity index (χ0v) is 18.5. The summed E-state index contributed by atoms with van der Waals surface area (Å²) in [5.41, 5.74) is 7.16. The third-order valence-corrected chi connectivity index (χ3v) is 5.67. The number of hydrogen-bond acceptors (Lipinski definition) is 10. The molecule has 1 aliphatic heterocycles. The zero-order valence-electron chi connectivity index (χ0n) is 18.5. The van der Waals surface area contributed by atoms with Crippen molar-refractivity contribution in [2.75, 3.05) is 12.3 Å². The largest absolute Gasteiger partial charge is 0.504 e. The first-order chi connectivity index (χ1) is 16.2. The molecule has 3 aromatic rings. The van der Waals surface area contributed by atoms with Crippen molar-refractivity contribution in [3.8, 4) is 11.5 Å². The molecule has 1 amide bonds. The highest BCUT2D eigenvalue weighted by Crippen LogP contribution is 2.34. The molecule has 3 heterocycles. The maximum absolute atomic E-state index is 12.5. The fourth-order valence-electron chi connectivity index (χ4n) is 3.73. The Bertz CT molecular complexity index is 1240. The number of aliphatic hydroxyl groups excluding tert-OH is 2. The van der Waals surface area contributed by atoms with Crippen molar-refractivity contribution >= 4 is 22.9 Å². The number of carbonyl (C=O) groups excluding carboxylic acids is 1. The molecule has 1 aromatic carbocycles. The smallest absolute Gasteiger partial charge is 0.255 e. The number of nitrogen functional groups attached to an aromatic ring is 1. The Balaban J connectivity index is 1.42. The topological polar surface area (TPSA) is 189 Å². The van der Waals surface area contributed by atoms with Crippen LogP contribution in [0.1, 0.15) is 41.9 Å². The summed E-state index contributed by atoms with van der Waals surface area (Å²) >= 11 is 0. The Kier molecular flexibility index (Phi) is 6.37. The van der Waals surface area contributed by atoms with Crippen molar-refractivity contribution in [3.05, 3.63) is 48.1 Å². The summed E-state index contributed by atoms with van der Waals surface area (Å²) in [6, 6.07) is 2.94. The van der Waals surface area contributed by atoms with Crippen molar-refractivity contribution in [1.82, 2.24) is 24.8 Å². The van der Waals surface area contributed by atoms with E-state index in [4.69, 9.17) is 10.5 Å². The first kappa shape index (κ1) is 23.4. The minimum Gasteiger partial charge on any atom is -0.504 e. The zero-order chi connectivity index (χ0) is 24.6. The van der Waals surface area contributed by atoms with E-state index in [-0.39, 0.29) is 29.6 Å². The van der Waals surface area contributed by atoms with Crippen molar-refractivity contribution in [1.29, 1.82) is 0 Å². The van der Waals surface area contributed by atoms with Crippen LogP contribution in [0, 0.1) is 0 Å². The first-order valence-electron chi connectivity index (χ1n) is 10.6. The Morgan fingerprint density at radius 1 is 1.24 bits per heavy atom. The van der Waals surface area contributed by atoms with Gasteiger partial charge in [-0.05, 0) is 23.6 Å². The summed E-state index contributed by atoms with van der Waals surface area (Å²) in [6.07, 6.45) is 1.40. The molecule has 0 radical (unpaired) electrons. The average Bonchev–Trinajstić information content (AvgIpc) is 3.35. The van der Waals surface area contributed by atoms with Crippen molar-refractivity contribution in [2.24, 2.45) is 0 Å². The van der Waals surface area contributed by atoms with Crippen LogP contribution >= 0.6 is 0 Å². The van der Waals surface area contributed by atoms with Crippen molar-refractivity contribution in [2.45, 2.75) is 44.3 Å². The summed E-state index contributed by atoms with van der Waals surface area (Å²) in [7, 11) is 0. The van der Waals surface area contributed by atoms with Gasteiger partial charge < -0.3 is 36.2 Å². The van der Waals surface area contributed by atoms with Gasteiger partial charge in [0.2, 0.25) is 0 Å². The van der Waals surface area contributed by atoms with Crippen LogP contribution in [0.25, 0.3) is 11.2 Å². The number of anilines is 1. The molecule has 12 nitrogen and oxygen atoms in total. The molecule has 0 saturated carbocycles. The van der Waals surface area contributed by atoms with E-state index in [1.165, 1.54) is 35.4 Å². The van der Waals surface area contributed by atoms with Gasteiger partial charge in [-0.15, -0.1) is 0 Å². The van der Waals surface area contributed by atoms with E-state index >= 15 is 0 Å². The number of aliphatic hydroxyl groups is 2. The number of phenolic OH excluding ortho intramolecular Hbond substituents is 2. The number of amides is 1. The van der Waals surface area contributed by atoms with Gasteiger partial charge in [0.25, 0.3) is 5.91 Å². The molecule has 12 heteroatoms. The summed E-state index contributed by atoms with van der Waals surface area (Å²) in [6.45, 7) is 3.86. The first-order valence-corrected chi connectivity index (χ1v) is 10.6. The summed E-state index contributed by atoms with van der Waals surface area (Å²) in [5, 5.41) is 43.5. The number of imidazole rings is 1. The summed E-state index contributed by atoms with van der Waals surface area (Å²) in [4.78, 5) is 24.6. The molecule has 4 atom stereocenters. The van der Waals surface area contributed by atoms with Crippen LogP contribution in [0.2, 0.25) is 0 Å². The van der Waals surface area contributed by atoms with E-state index in [0.717, 1.165) is 0 Å². The summed E-state index contributed by atoms with van der Waals surface area (Å²) in [5.74, 6) is -1.21. The van der Waals surface area contributed by atoms with E-state index < -0.39 is 36.2 Å². The lowest BCUT2D eigenvalue weighted by Gasteiger charge is -2.16. The van der Waals surface area contributed by atoms with Crippen LogP contribution in [0.5, 0.6) is 11.5 Å². The molecule has 34 heavy (non-hydrogen) atoms. The molecule has 1 fully saturated rings. The monoisotopic (exact) mass is 470 g/mol. The fraction of sp³-hybridized carbons (Fsp3) is 0.364. The second-order valence-electron chi connectivity index (χ2n) is 8.28. The SMILES string of the molecule is CC(C)c1cc(O)c(O)c(C(=O)NC/C=C/C2OC(n3cnc4c(N)ncnc43)C(O)C2O)c1. The van der Waals surface area contributed by atoms with Crippen LogP contribution in [-0.2, 0) is 4.74 Å². The lowest BCUT2D eigenvalue weighted by atomic mass is 9.99. The van der Waals surface area contributed by atoms with Gasteiger partial charge in [0, 0.05) is 6.54 Å². The van der Waals surface area contributed by atoms with Gasteiger partial charge in [-0.25, -0.2) is 15.0 Å². The van der Waals surface area contributed by atoms with Gasteiger partial charge in [0.1, 0.15) is 30.2 Å². The Morgan fingerprint density at radius 3 is 2.74 bits per heavy atom. The standard InChI is InChI=1S/C22H26N6O6/c1-10(2)11-6-12(16(30)13(29)7-11)21(33)24-5-3-4-14-17(31)18(32)22(34-14)28-9-27-15-19(23)25-8-26-20(15)28/h3-4,6-10,14,17-18,22,29-32H,5H2,1-2H3,(H,24,33)(H2,23,25,26)/b4-3+. The maximum Gasteiger partial charge on any atom is 0.255 e. The third-order valence-electron chi connectivity index (χ3n) is 5.67. The number of phenols is 2. The third kappa shape index (κ3) is 4.25. The average molecular weight is 470 g/mol. The van der Waals surface area contributed by atoms with Gasteiger partial charge in [-0.2, -0.15) is 0 Å². The molecular formula is C22H26N6O6. The molecule has 0 bridgehead atoms. The number of fused-ring (bicyclic) bond motifs is 1. The normalized spacial score (nSPS) is 22.7. The van der Waals surface area contributed by atoms with Gasteiger partial charge >= 0.3 is 0 Å². The number of hydrogen-bond donors (Lipinski definition) is 6. The van der Waals surface area contributed by atoms with E-state index in [1.54, 1.807) is 6.08 Å². The number of nitrogens with one attached hydrogen (secondary N) is 1. The number of ether oxygens (including phenoxy) is 1. The minimum atomic E-state index is -1.27. The van der Waals surface area contributed by atoms with Gasteiger partial charge in [-0.3, -0.25) is 9.36 Å². The predicted octanol–water partition coefficient (Wildman–Crippen LogP) is 0.548. The maximum atomic E-state index is 12.5.